The lowest BCUT2D eigenvalue weighted by Crippen LogP contribution is -2.49. The number of rotatable bonds is 3. The summed E-state index contributed by atoms with van der Waals surface area (Å²) in [5.74, 6) is 0.282. The lowest BCUT2D eigenvalue weighted by atomic mass is 9.96. The second-order valence-electron chi connectivity index (χ2n) is 9.65. The van der Waals surface area contributed by atoms with Crippen molar-refractivity contribution in [2.75, 3.05) is 6.54 Å². The Labute approximate surface area is 184 Å². The van der Waals surface area contributed by atoms with E-state index >= 15 is 0 Å². The minimum absolute atomic E-state index is 0.0835. The van der Waals surface area contributed by atoms with Gasteiger partial charge in [-0.25, -0.2) is 9.78 Å². The van der Waals surface area contributed by atoms with Gasteiger partial charge in [0, 0.05) is 19.0 Å². The second-order valence-corrected chi connectivity index (χ2v) is 9.65. The van der Waals surface area contributed by atoms with Gasteiger partial charge in [-0.3, -0.25) is 23.9 Å². The van der Waals surface area contributed by atoms with E-state index in [9.17, 15) is 19.2 Å². The third-order valence-electron chi connectivity index (χ3n) is 7.65. The number of nitrogens with one attached hydrogen (secondary N) is 1. The molecular weight excluding hydrogens is 410 g/mol. The summed E-state index contributed by atoms with van der Waals surface area (Å²) in [5, 5.41) is 3.38. The summed E-state index contributed by atoms with van der Waals surface area (Å²) in [6.07, 6.45) is 3.92. The van der Waals surface area contributed by atoms with Crippen molar-refractivity contribution >= 4 is 28.7 Å². The van der Waals surface area contributed by atoms with Crippen LogP contribution in [0.15, 0.2) is 29.1 Å². The first-order valence-corrected chi connectivity index (χ1v) is 11.3. The summed E-state index contributed by atoms with van der Waals surface area (Å²) in [5.41, 5.74) is -0.319. The SMILES string of the molecule is C[C@@]1(C2CC2)NC(=O)N(CC(=O)N2[C@H]3CC[C@H]2Cn2c(nc4ccccc4c2=O)C3)C1=O. The van der Waals surface area contributed by atoms with Crippen molar-refractivity contribution < 1.29 is 14.4 Å². The van der Waals surface area contributed by atoms with Crippen molar-refractivity contribution in [2.45, 2.75) is 63.2 Å². The number of carbonyl (C=O) groups is 3. The Morgan fingerprint density at radius 3 is 2.66 bits per heavy atom. The molecule has 0 radical (unpaired) electrons. The molecule has 1 aliphatic carbocycles. The van der Waals surface area contributed by atoms with Gasteiger partial charge >= 0.3 is 6.03 Å². The second kappa shape index (κ2) is 6.63. The van der Waals surface area contributed by atoms with Crippen LogP contribution in [0.5, 0.6) is 0 Å². The molecule has 9 heteroatoms. The standard InChI is InChI=1S/C23H25N5O4/c1-23(13-6-7-13)21(31)27(22(32)25-23)12-19(29)28-14-8-9-15(28)11-26-18(10-14)24-17-5-3-2-4-16(17)20(26)30/h2-5,13-15H,6-12H2,1H3,(H,25,32)/t14-,15-,23-/m0/s1. The number of hydrogen-bond acceptors (Lipinski definition) is 5. The van der Waals surface area contributed by atoms with Crippen LogP contribution in [-0.2, 0) is 22.6 Å². The fourth-order valence-electron chi connectivity index (χ4n) is 5.74. The van der Waals surface area contributed by atoms with Crippen LogP contribution >= 0.6 is 0 Å². The number of benzene rings is 1. The molecule has 2 bridgehead atoms. The third-order valence-corrected chi connectivity index (χ3v) is 7.65. The zero-order valence-electron chi connectivity index (χ0n) is 17.9. The summed E-state index contributed by atoms with van der Waals surface area (Å²) < 4.78 is 1.70. The number of urea groups is 1. The van der Waals surface area contributed by atoms with Crippen LogP contribution in [0.25, 0.3) is 10.9 Å². The van der Waals surface area contributed by atoms with Crippen molar-refractivity contribution in [3.8, 4) is 0 Å². The monoisotopic (exact) mass is 435 g/mol. The Bertz CT molecular complexity index is 1230. The number of imide groups is 1. The Morgan fingerprint density at radius 2 is 1.88 bits per heavy atom. The molecule has 2 saturated heterocycles. The predicted molar refractivity (Wildman–Crippen MR) is 115 cm³/mol. The number of carbonyl (C=O) groups excluding carboxylic acids is 3. The highest BCUT2D eigenvalue weighted by atomic mass is 16.2. The van der Waals surface area contributed by atoms with Crippen LogP contribution in [-0.4, -0.2) is 61.4 Å². The van der Waals surface area contributed by atoms with E-state index in [1.807, 2.05) is 18.2 Å². The molecule has 1 aromatic heterocycles. The molecule has 4 aliphatic rings. The molecule has 3 fully saturated rings. The van der Waals surface area contributed by atoms with Gasteiger partial charge in [0.05, 0.1) is 16.9 Å². The average Bonchev–Trinajstić information content (AvgIpc) is 3.53. The molecule has 0 unspecified atom stereocenters. The molecular formula is C23H25N5O4. The fourth-order valence-corrected chi connectivity index (χ4v) is 5.74. The molecule has 1 aromatic carbocycles. The van der Waals surface area contributed by atoms with Gasteiger partial charge in [0.1, 0.15) is 17.9 Å². The molecule has 0 spiro atoms. The molecule has 1 saturated carbocycles. The van der Waals surface area contributed by atoms with Gasteiger partial charge in [0.2, 0.25) is 5.91 Å². The molecule has 166 valence electrons. The summed E-state index contributed by atoms with van der Waals surface area (Å²) in [6.45, 7) is 1.87. The number of amides is 4. The topological polar surface area (TPSA) is 105 Å². The van der Waals surface area contributed by atoms with E-state index in [1.165, 1.54) is 0 Å². The smallest absolute Gasteiger partial charge is 0.325 e. The highest BCUT2D eigenvalue weighted by Crippen LogP contribution is 2.42. The molecule has 4 amide bonds. The van der Waals surface area contributed by atoms with E-state index in [4.69, 9.17) is 4.98 Å². The Morgan fingerprint density at radius 1 is 1.12 bits per heavy atom. The summed E-state index contributed by atoms with van der Waals surface area (Å²) in [4.78, 5) is 59.5. The first kappa shape index (κ1) is 19.5. The molecule has 32 heavy (non-hydrogen) atoms. The molecule has 9 nitrogen and oxygen atoms in total. The van der Waals surface area contributed by atoms with Gasteiger partial charge in [-0.1, -0.05) is 12.1 Å². The van der Waals surface area contributed by atoms with Crippen LogP contribution in [0, 0.1) is 5.92 Å². The highest BCUT2D eigenvalue weighted by molar-refractivity contribution is 6.09. The molecule has 3 atom stereocenters. The maximum absolute atomic E-state index is 13.4. The van der Waals surface area contributed by atoms with Crippen LogP contribution in [0.4, 0.5) is 4.79 Å². The molecule has 2 aromatic rings. The minimum atomic E-state index is -0.900. The number of fused-ring (bicyclic) bond motifs is 4. The first-order valence-electron chi connectivity index (χ1n) is 11.3. The van der Waals surface area contributed by atoms with Crippen molar-refractivity contribution in [2.24, 2.45) is 5.92 Å². The van der Waals surface area contributed by atoms with E-state index in [-0.39, 0.29) is 41.9 Å². The molecule has 1 N–H and O–H groups in total. The molecule has 3 aliphatic heterocycles. The van der Waals surface area contributed by atoms with E-state index in [0.29, 0.717) is 29.7 Å². The molecule has 4 heterocycles. The lowest BCUT2D eigenvalue weighted by Gasteiger charge is -2.29. The average molecular weight is 435 g/mol. The van der Waals surface area contributed by atoms with Gasteiger partial charge in [-0.2, -0.15) is 0 Å². The lowest BCUT2D eigenvalue weighted by molar-refractivity contribution is -0.140. The van der Waals surface area contributed by atoms with Crippen molar-refractivity contribution in [1.29, 1.82) is 0 Å². The Kier molecular flexibility index (Phi) is 4.03. The fraction of sp³-hybridized carbons (Fsp3) is 0.522. The van der Waals surface area contributed by atoms with E-state index in [1.54, 1.807) is 22.5 Å². The van der Waals surface area contributed by atoms with Crippen LogP contribution in [0.1, 0.15) is 38.4 Å². The Balaban J connectivity index is 1.28. The van der Waals surface area contributed by atoms with Crippen molar-refractivity contribution in [3.63, 3.8) is 0 Å². The Hall–Kier alpha value is -3.23. The number of aromatic nitrogens is 2. The van der Waals surface area contributed by atoms with Gasteiger partial charge < -0.3 is 10.2 Å². The highest BCUT2D eigenvalue weighted by Gasteiger charge is 2.56. The minimum Gasteiger partial charge on any atom is -0.333 e. The number of hydrogen-bond donors (Lipinski definition) is 1. The van der Waals surface area contributed by atoms with E-state index in [2.05, 4.69) is 5.32 Å². The summed E-state index contributed by atoms with van der Waals surface area (Å²) in [6, 6.07) is 6.56. The number of nitrogens with zero attached hydrogens (tertiary/aromatic N) is 4. The van der Waals surface area contributed by atoms with E-state index < -0.39 is 11.6 Å². The van der Waals surface area contributed by atoms with Crippen molar-refractivity contribution in [1.82, 2.24) is 24.7 Å². The van der Waals surface area contributed by atoms with Gasteiger partial charge in [-0.15, -0.1) is 0 Å². The quantitative estimate of drug-likeness (QED) is 0.726. The summed E-state index contributed by atoms with van der Waals surface area (Å²) >= 11 is 0. The zero-order valence-corrected chi connectivity index (χ0v) is 17.9. The zero-order chi connectivity index (χ0) is 22.2. The normalized spacial score (nSPS) is 29.3. The molecule has 6 rings (SSSR count). The third kappa shape index (κ3) is 2.73. The maximum Gasteiger partial charge on any atom is 0.325 e. The first-order chi connectivity index (χ1) is 15.4. The van der Waals surface area contributed by atoms with Gasteiger partial charge in [-0.05, 0) is 50.7 Å². The van der Waals surface area contributed by atoms with Gasteiger partial charge in [0.25, 0.3) is 11.5 Å². The van der Waals surface area contributed by atoms with Crippen LogP contribution in [0.2, 0.25) is 0 Å². The maximum atomic E-state index is 13.4. The predicted octanol–water partition coefficient (Wildman–Crippen LogP) is 1.03. The summed E-state index contributed by atoms with van der Waals surface area (Å²) in [7, 11) is 0. The van der Waals surface area contributed by atoms with Gasteiger partial charge in [0.15, 0.2) is 0 Å². The van der Waals surface area contributed by atoms with E-state index in [0.717, 1.165) is 30.6 Å². The van der Waals surface area contributed by atoms with Crippen molar-refractivity contribution in [3.05, 3.63) is 40.4 Å². The largest absolute Gasteiger partial charge is 0.333 e. The van der Waals surface area contributed by atoms with Crippen LogP contribution < -0.4 is 10.9 Å². The number of para-hydroxylation sites is 1. The van der Waals surface area contributed by atoms with Crippen LogP contribution in [0.3, 0.4) is 0 Å².